The van der Waals surface area contributed by atoms with E-state index in [1.54, 1.807) is 6.92 Å². The van der Waals surface area contributed by atoms with E-state index in [-0.39, 0.29) is 11.7 Å². The summed E-state index contributed by atoms with van der Waals surface area (Å²) >= 11 is 0. The highest BCUT2D eigenvalue weighted by atomic mass is 31.0. The number of benzene rings is 1. The maximum absolute atomic E-state index is 13.5. The van der Waals surface area contributed by atoms with Crippen molar-refractivity contribution in [1.29, 1.82) is 0 Å². The third-order valence-electron chi connectivity index (χ3n) is 5.60. The van der Waals surface area contributed by atoms with E-state index < -0.39 is 17.3 Å². The van der Waals surface area contributed by atoms with Crippen LogP contribution in [0.15, 0.2) is 12.1 Å². The number of hydrogen-bond donors (Lipinski definition) is 1. The summed E-state index contributed by atoms with van der Waals surface area (Å²) < 4.78 is 8.17. The first-order chi connectivity index (χ1) is 13.1. The summed E-state index contributed by atoms with van der Waals surface area (Å²) in [4.78, 5) is 25.8. The molecule has 1 aromatic rings. The van der Waals surface area contributed by atoms with Gasteiger partial charge in [-0.1, -0.05) is 68.7 Å². The largest absolute Gasteiger partial charge is 0.481 e. The Kier molecular flexibility index (Phi) is 11.4. The normalized spacial score (nSPS) is 14.0. The lowest BCUT2D eigenvalue weighted by molar-refractivity contribution is -0.152. The van der Waals surface area contributed by atoms with Crippen molar-refractivity contribution >= 4 is 20.9 Å². The van der Waals surface area contributed by atoms with E-state index in [2.05, 4.69) is 6.92 Å². The van der Waals surface area contributed by atoms with Crippen molar-refractivity contribution in [3.8, 4) is 0 Å². The van der Waals surface area contributed by atoms with E-state index in [4.69, 9.17) is 4.57 Å². The fraction of sp³-hybridized carbons (Fsp3) is 0.652. The van der Waals surface area contributed by atoms with Crippen LogP contribution < -0.4 is 0 Å². The third kappa shape index (κ3) is 6.51. The highest BCUT2D eigenvalue weighted by molar-refractivity contribution is 7.00. The summed E-state index contributed by atoms with van der Waals surface area (Å²) in [6.45, 7) is 13.8. The van der Waals surface area contributed by atoms with E-state index in [1.807, 2.05) is 46.8 Å². The summed E-state index contributed by atoms with van der Waals surface area (Å²) in [5.74, 6) is -1.43. The molecule has 0 heterocycles. The molecule has 0 bridgehead atoms. The summed E-state index contributed by atoms with van der Waals surface area (Å²) in [6, 6.07) is 4.02. The molecule has 3 atom stereocenters. The Bertz CT molecular complexity index is 646. The van der Waals surface area contributed by atoms with Gasteiger partial charge in [-0.15, -0.1) is 0 Å². The highest BCUT2D eigenvalue weighted by Gasteiger charge is 2.47. The fourth-order valence-corrected chi connectivity index (χ4v) is 4.37. The van der Waals surface area contributed by atoms with Gasteiger partial charge in [0.2, 0.25) is 0 Å². The first kappa shape index (κ1) is 26.5. The first-order valence-corrected chi connectivity index (χ1v) is 10.6. The molecule has 5 heteroatoms. The summed E-state index contributed by atoms with van der Waals surface area (Å²) in [5, 5.41) is 10.0. The Labute approximate surface area is 172 Å². The van der Waals surface area contributed by atoms with E-state index in [0.717, 1.165) is 42.4 Å². The summed E-state index contributed by atoms with van der Waals surface area (Å²) in [6.07, 6.45) is 4.62. The van der Waals surface area contributed by atoms with Gasteiger partial charge in [0.25, 0.3) is 0 Å². The van der Waals surface area contributed by atoms with Crippen LogP contribution in [0.25, 0.3) is 0 Å². The molecule has 1 N–H and O–H groups in total. The second-order valence-corrected chi connectivity index (χ2v) is 8.39. The maximum atomic E-state index is 13.5. The van der Waals surface area contributed by atoms with Crippen LogP contribution in [0.5, 0.6) is 0 Å². The standard InChI is InChI=1S/C23H36O3.H2OP/c1-8-9-10-11-12-23(7,22(25)26)20(15(2)3)21(24)19-17(5)13-16(4)14-18(19)6;1-2/h13-15,20H,8-12H2,1-7H3,(H,25,26);2H2/q;+1. The van der Waals surface area contributed by atoms with Crippen LogP contribution in [-0.2, 0) is 9.36 Å². The van der Waals surface area contributed by atoms with Gasteiger partial charge in [0.1, 0.15) is 0 Å². The number of carboxylic acids is 1. The molecule has 158 valence electrons. The van der Waals surface area contributed by atoms with Crippen molar-refractivity contribution < 1.29 is 19.3 Å². The number of rotatable bonds is 10. The lowest BCUT2D eigenvalue weighted by Gasteiger charge is -2.36. The maximum Gasteiger partial charge on any atom is 0.310 e. The SMILES string of the molecule is CCCCCCC(C)(C(=O)O)C(C(=O)c1c(C)cc(C)cc1C)C(C)C.O=[PH2+]. The number of hydrogen-bond acceptors (Lipinski definition) is 3. The molecule has 4 nitrogen and oxygen atoms in total. The predicted molar refractivity (Wildman–Crippen MR) is 118 cm³/mol. The molecule has 0 saturated carbocycles. The van der Waals surface area contributed by atoms with E-state index in [0.29, 0.717) is 12.0 Å². The second kappa shape index (κ2) is 12.1. The van der Waals surface area contributed by atoms with Crippen LogP contribution in [0.3, 0.4) is 0 Å². The molecule has 0 aliphatic heterocycles. The van der Waals surface area contributed by atoms with Crippen molar-refractivity contribution in [2.75, 3.05) is 0 Å². The third-order valence-corrected chi connectivity index (χ3v) is 5.60. The van der Waals surface area contributed by atoms with Crippen molar-refractivity contribution in [2.45, 2.75) is 80.6 Å². The number of ketones is 1. The van der Waals surface area contributed by atoms with Gasteiger partial charge >= 0.3 is 15.1 Å². The molecule has 0 aliphatic rings. The average Bonchev–Trinajstić information content (AvgIpc) is 2.59. The Hall–Kier alpha value is -1.54. The Morgan fingerprint density at radius 2 is 1.54 bits per heavy atom. The van der Waals surface area contributed by atoms with Gasteiger partial charge in [-0.3, -0.25) is 9.59 Å². The topological polar surface area (TPSA) is 71.4 Å². The molecule has 0 spiro atoms. The Morgan fingerprint density at radius 3 is 1.93 bits per heavy atom. The smallest absolute Gasteiger partial charge is 0.310 e. The summed E-state index contributed by atoms with van der Waals surface area (Å²) in [5.41, 5.74) is 2.67. The number of Topliss-reactive ketones (excluding diaryl/α,β-unsaturated/α-hetero) is 1. The lowest BCUT2D eigenvalue weighted by atomic mass is 9.65. The van der Waals surface area contributed by atoms with Crippen LogP contribution in [-0.4, -0.2) is 16.9 Å². The van der Waals surface area contributed by atoms with Crippen LogP contribution in [0.1, 0.15) is 86.8 Å². The predicted octanol–water partition coefficient (Wildman–Crippen LogP) is 6.34. The van der Waals surface area contributed by atoms with Crippen LogP contribution in [0.2, 0.25) is 0 Å². The molecule has 1 aromatic carbocycles. The van der Waals surface area contributed by atoms with Crippen molar-refractivity contribution in [1.82, 2.24) is 0 Å². The number of carbonyl (C=O) groups excluding carboxylic acids is 1. The Morgan fingerprint density at radius 1 is 1.04 bits per heavy atom. The van der Waals surface area contributed by atoms with Gasteiger partial charge in [0.15, 0.2) is 5.78 Å². The number of aryl methyl sites for hydroxylation is 3. The van der Waals surface area contributed by atoms with Crippen LogP contribution >= 0.6 is 9.12 Å². The minimum Gasteiger partial charge on any atom is -0.481 e. The molecule has 3 unspecified atom stereocenters. The van der Waals surface area contributed by atoms with Crippen molar-refractivity contribution in [2.24, 2.45) is 17.3 Å². The molecule has 0 radical (unpaired) electrons. The average molecular weight is 410 g/mol. The molecule has 0 aromatic heterocycles. The molecular weight excluding hydrogens is 371 g/mol. The minimum absolute atomic E-state index is 0.0182. The van der Waals surface area contributed by atoms with Crippen LogP contribution in [0.4, 0.5) is 0 Å². The zero-order valence-corrected chi connectivity index (χ0v) is 19.7. The number of carbonyl (C=O) groups is 2. The number of carboxylic acid groups (broad SMARTS) is 1. The van der Waals surface area contributed by atoms with Gasteiger partial charge in [0.05, 0.1) is 5.41 Å². The quantitative estimate of drug-likeness (QED) is 0.278. The monoisotopic (exact) mass is 409 g/mol. The van der Waals surface area contributed by atoms with Crippen molar-refractivity contribution in [3.05, 3.63) is 34.4 Å². The second-order valence-electron chi connectivity index (χ2n) is 8.39. The molecule has 28 heavy (non-hydrogen) atoms. The zero-order chi connectivity index (χ0) is 22.1. The van der Waals surface area contributed by atoms with Gasteiger partial charge in [-0.25, -0.2) is 0 Å². The van der Waals surface area contributed by atoms with E-state index in [1.165, 1.54) is 9.12 Å². The number of unbranched alkanes of at least 4 members (excludes halogenated alkanes) is 3. The molecule has 0 amide bonds. The van der Waals surface area contributed by atoms with Gasteiger partial charge in [-0.05, 0) is 51.2 Å². The van der Waals surface area contributed by atoms with Gasteiger partial charge in [0, 0.05) is 11.5 Å². The van der Waals surface area contributed by atoms with E-state index >= 15 is 0 Å². The van der Waals surface area contributed by atoms with Gasteiger partial charge < -0.3 is 5.11 Å². The molecular formula is C23H38O4P+. The summed E-state index contributed by atoms with van der Waals surface area (Å²) in [7, 11) is 1.17. The zero-order valence-electron chi connectivity index (χ0n) is 18.6. The molecule has 1 rings (SSSR count). The van der Waals surface area contributed by atoms with Crippen molar-refractivity contribution in [3.63, 3.8) is 0 Å². The van der Waals surface area contributed by atoms with Gasteiger partial charge in [-0.2, -0.15) is 0 Å². The van der Waals surface area contributed by atoms with Crippen LogP contribution in [0, 0.1) is 38.0 Å². The highest BCUT2D eigenvalue weighted by Crippen LogP contribution is 2.41. The molecule has 0 aliphatic carbocycles. The molecule has 0 saturated heterocycles. The fourth-order valence-electron chi connectivity index (χ4n) is 4.37. The lowest BCUT2D eigenvalue weighted by Crippen LogP contribution is -2.43. The minimum atomic E-state index is -1.04. The first-order valence-electron chi connectivity index (χ1n) is 10.1. The van der Waals surface area contributed by atoms with E-state index in [9.17, 15) is 14.7 Å². The molecule has 0 fully saturated rings. The number of aliphatic carboxylic acids is 1. The Balaban J connectivity index is 0.00000352.